The highest BCUT2D eigenvalue weighted by atomic mass is 35.5. The largest absolute Gasteiger partial charge is 0.350 e. The number of carbonyl (C=O) groups is 2. The summed E-state index contributed by atoms with van der Waals surface area (Å²) in [5.74, 6) is -0.781. The van der Waals surface area contributed by atoms with Crippen LogP contribution in [0.1, 0.15) is 20.7 Å². The number of nitro groups is 1. The number of pyridine rings is 1. The number of aromatic nitrogens is 1. The zero-order chi connectivity index (χ0) is 17.5. The van der Waals surface area contributed by atoms with Gasteiger partial charge in [-0.15, -0.1) is 0 Å². The van der Waals surface area contributed by atoms with E-state index >= 15 is 0 Å². The molecule has 9 heteroatoms. The quantitative estimate of drug-likeness (QED) is 0.469. The molecule has 2 N–H and O–H groups in total. The number of halogens is 1. The summed E-state index contributed by atoms with van der Waals surface area (Å²) in [6.45, 7) is 0.391. The van der Waals surface area contributed by atoms with Crippen LogP contribution in [0.3, 0.4) is 0 Å². The van der Waals surface area contributed by atoms with Crippen molar-refractivity contribution in [1.29, 1.82) is 0 Å². The average molecular weight is 349 g/mol. The van der Waals surface area contributed by atoms with E-state index < -0.39 is 10.8 Å². The molecule has 8 nitrogen and oxygen atoms in total. The van der Waals surface area contributed by atoms with E-state index in [0.29, 0.717) is 5.56 Å². The van der Waals surface area contributed by atoms with Gasteiger partial charge < -0.3 is 10.6 Å². The number of benzene rings is 1. The third kappa shape index (κ3) is 4.50. The van der Waals surface area contributed by atoms with Crippen molar-refractivity contribution in [2.24, 2.45) is 0 Å². The first-order valence-electron chi connectivity index (χ1n) is 6.89. The predicted octanol–water partition coefficient (Wildman–Crippen LogP) is 1.80. The molecule has 0 radical (unpaired) electrons. The summed E-state index contributed by atoms with van der Waals surface area (Å²) in [5, 5.41) is 15.8. The van der Waals surface area contributed by atoms with Crippen LogP contribution < -0.4 is 10.6 Å². The second kappa shape index (κ2) is 8.02. The number of hydrogen-bond donors (Lipinski definition) is 2. The molecule has 1 aromatic heterocycles. The summed E-state index contributed by atoms with van der Waals surface area (Å²) in [6.07, 6.45) is 3.00. The maximum Gasteiger partial charge on any atom is 0.270 e. The Kier molecular flexibility index (Phi) is 5.80. The molecule has 0 fully saturated rings. The average Bonchev–Trinajstić information content (AvgIpc) is 2.58. The van der Waals surface area contributed by atoms with Crippen molar-refractivity contribution in [3.05, 3.63) is 69.0 Å². The molecule has 0 spiro atoms. The minimum absolute atomic E-state index is 0.0129. The maximum absolute atomic E-state index is 12.0. The first-order chi connectivity index (χ1) is 11.5. The first kappa shape index (κ1) is 17.4. The van der Waals surface area contributed by atoms with E-state index in [1.165, 1.54) is 18.3 Å². The van der Waals surface area contributed by atoms with Crippen LogP contribution in [0, 0.1) is 10.1 Å². The number of nitrogens with zero attached hydrogens (tertiary/aromatic N) is 2. The Bertz CT molecular complexity index is 767. The molecule has 0 aliphatic rings. The van der Waals surface area contributed by atoms with Gasteiger partial charge in [-0.1, -0.05) is 11.6 Å². The molecule has 2 rings (SSSR count). The lowest BCUT2D eigenvalue weighted by Gasteiger charge is -2.08. The first-order valence-corrected chi connectivity index (χ1v) is 7.27. The van der Waals surface area contributed by atoms with Crippen molar-refractivity contribution in [2.45, 2.75) is 0 Å². The molecule has 0 atom stereocenters. The molecule has 0 aliphatic carbocycles. The fourth-order valence-electron chi connectivity index (χ4n) is 1.85. The van der Waals surface area contributed by atoms with Crippen LogP contribution in [-0.4, -0.2) is 34.8 Å². The molecule has 2 aromatic rings. The van der Waals surface area contributed by atoms with Crippen LogP contribution in [0.25, 0.3) is 0 Å². The van der Waals surface area contributed by atoms with Crippen molar-refractivity contribution in [2.75, 3.05) is 13.1 Å². The number of hydrogen-bond acceptors (Lipinski definition) is 5. The van der Waals surface area contributed by atoms with E-state index in [2.05, 4.69) is 15.6 Å². The molecule has 0 saturated carbocycles. The lowest BCUT2D eigenvalue weighted by atomic mass is 10.2. The summed E-state index contributed by atoms with van der Waals surface area (Å²) in [7, 11) is 0. The molecule has 0 bridgehead atoms. The van der Waals surface area contributed by atoms with Gasteiger partial charge in [-0.05, 0) is 18.2 Å². The molecule has 24 heavy (non-hydrogen) atoms. The Labute approximate surface area is 142 Å². The van der Waals surface area contributed by atoms with Crippen molar-refractivity contribution < 1.29 is 14.5 Å². The molecule has 0 unspecified atom stereocenters. The third-order valence-electron chi connectivity index (χ3n) is 3.03. The third-order valence-corrected chi connectivity index (χ3v) is 3.34. The van der Waals surface area contributed by atoms with Gasteiger partial charge in [-0.2, -0.15) is 0 Å². The lowest BCUT2D eigenvalue weighted by molar-refractivity contribution is -0.384. The van der Waals surface area contributed by atoms with Gasteiger partial charge in [-0.3, -0.25) is 24.7 Å². The van der Waals surface area contributed by atoms with E-state index in [-0.39, 0.29) is 35.3 Å². The summed E-state index contributed by atoms with van der Waals surface area (Å²) in [5.41, 5.74) is 0.350. The van der Waals surface area contributed by atoms with Gasteiger partial charge in [0, 0.05) is 37.6 Å². The number of amides is 2. The number of non-ortho nitro benzene ring substituents is 1. The van der Waals surface area contributed by atoms with Crippen LogP contribution >= 0.6 is 11.6 Å². The Morgan fingerprint density at radius 1 is 1.17 bits per heavy atom. The van der Waals surface area contributed by atoms with Gasteiger partial charge >= 0.3 is 0 Å². The highest BCUT2D eigenvalue weighted by Gasteiger charge is 2.14. The fraction of sp³-hybridized carbons (Fsp3) is 0.133. The number of nitro benzene ring substituents is 1. The van der Waals surface area contributed by atoms with E-state index in [4.69, 9.17) is 11.6 Å². The van der Waals surface area contributed by atoms with Gasteiger partial charge in [0.25, 0.3) is 17.5 Å². The van der Waals surface area contributed by atoms with Gasteiger partial charge in [0.15, 0.2) is 0 Å². The Morgan fingerprint density at radius 2 is 1.88 bits per heavy atom. The molecule has 0 aliphatic heterocycles. The van der Waals surface area contributed by atoms with Crippen LogP contribution in [0.2, 0.25) is 5.02 Å². The Balaban J connectivity index is 1.83. The van der Waals surface area contributed by atoms with Crippen LogP contribution in [0.15, 0.2) is 42.7 Å². The van der Waals surface area contributed by atoms with Crippen molar-refractivity contribution in [3.63, 3.8) is 0 Å². The van der Waals surface area contributed by atoms with Gasteiger partial charge in [-0.25, -0.2) is 0 Å². The Morgan fingerprint density at radius 3 is 2.46 bits per heavy atom. The molecule has 0 saturated heterocycles. The standard InChI is InChI=1S/C15H13ClN4O4/c16-13-8-11(20(23)24)3-4-12(13)15(22)19-7-6-18-14(21)10-2-1-5-17-9-10/h1-5,8-9H,6-7H2,(H,18,21)(H,19,22). The monoisotopic (exact) mass is 348 g/mol. The normalized spacial score (nSPS) is 10.0. The molecular formula is C15H13ClN4O4. The molecule has 2 amide bonds. The second-order valence-electron chi connectivity index (χ2n) is 4.67. The fourth-order valence-corrected chi connectivity index (χ4v) is 2.11. The van der Waals surface area contributed by atoms with Crippen molar-refractivity contribution >= 4 is 29.1 Å². The van der Waals surface area contributed by atoms with Gasteiger partial charge in [0.2, 0.25) is 0 Å². The predicted molar refractivity (Wildman–Crippen MR) is 87.0 cm³/mol. The summed E-state index contributed by atoms with van der Waals surface area (Å²) >= 11 is 5.87. The minimum Gasteiger partial charge on any atom is -0.350 e. The van der Waals surface area contributed by atoms with E-state index in [9.17, 15) is 19.7 Å². The van der Waals surface area contributed by atoms with Crippen LogP contribution in [-0.2, 0) is 0 Å². The van der Waals surface area contributed by atoms with E-state index in [1.807, 2.05) is 0 Å². The summed E-state index contributed by atoms with van der Waals surface area (Å²) < 4.78 is 0. The highest BCUT2D eigenvalue weighted by molar-refractivity contribution is 6.34. The number of nitrogens with one attached hydrogen (secondary N) is 2. The SMILES string of the molecule is O=C(NCCNC(=O)c1ccc([N+](=O)[O-])cc1Cl)c1cccnc1. The van der Waals surface area contributed by atoms with Crippen LogP contribution in [0.4, 0.5) is 5.69 Å². The van der Waals surface area contributed by atoms with E-state index in [1.54, 1.807) is 18.3 Å². The molecule has 1 aromatic carbocycles. The zero-order valence-corrected chi connectivity index (χ0v) is 13.1. The highest BCUT2D eigenvalue weighted by Crippen LogP contribution is 2.22. The van der Waals surface area contributed by atoms with Gasteiger partial charge in [0.05, 0.1) is 21.1 Å². The van der Waals surface area contributed by atoms with E-state index in [0.717, 1.165) is 6.07 Å². The lowest BCUT2D eigenvalue weighted by Crippen LogP contribution is -2.34. The smallest absolute Gasteiger partial charge is 0.270 e. The minimum atomic E-state index is -0.596. The summed E-state index contributed by atoms with van der Waals surface area (Å²) in [4.78, 5) is 37.6. The molecule has 1 heterocycles. The number of carbonyl (C=O) groups excluding carboxylic acids is 2. The Hall–Kier alpha value is -3.00. The van der Waals surface area contributed by atoms with Crippen LogP contribution in [0.5, 0.6) is 0 Å². The molecular weight excluding hydrogens is 336 g/mol. The molecule has 124 valence electrons. The second-order valence-corrected chi connectivity index (χ2v) is 5.08. The maximum atomic E-state index is 12.0. The van der Waals surface area contributed by atoms with Crippen molar-refractivity contribution in [1.82, 2.24) is 15.6 Å². The van der Waals surface area contributed by atoms with Gasteiger partial charge in [0.1, 0.15) is 0 Å². The summed E-state index contributed by atoms with van der Waals surface area (Å²) in [6, 6.07) is 6.86. The zero-order valence-electron chi connectivity index (χ0n) is 12.4. The van der Waals surface area contributed by atoms with Crippen molar-refractivity contribution in [3.8, 4) is 0 Å². The number of rotatable bonds is 6. The topological polar surface area (TPSA) is 114 Å².